The van der Waals surface area contributed by atoms with Crippen LogP contribution < -0.4 is 11.1 Å². The van der Waals surface area contributed by atoms with Gasteiger partial charge in [-0.2, -0.15) is 0 Å². The van der Waals surface area contributed by atoms with Crippen molar-refractivity contribution >= 4 is 34.0 Å². The fourth-order valence-electron chi connectivity index (χ4n) is 3.04. The van der Waals surface area contributed by atoms with Crippen LogP contribution in [-0.4, -0.2) is 22.9 Å². The number of benzene rings is 2. The van der Waals surface area contributed by atoms with Gasteiger partial charge in [0.2, 0.25) is 0 Å². The van der Waals surface area contributed by atoms with Gasteiger partial charge >= 0.3 is 0 Å². The molecule has 0 spiro atoms. The molecule has 27 heavy (non-hydrogen) atoms. The lowest BCUT2D eigenvalue weighted by atomic mass is 10.1. The van der Waals surface area contributed by atoms with Crippen molar-refractivity contribution in [1.29, 1.82) is 0 Å². The summed E-state index contributed by atoms with van der Waals surface area (Å²) in [6.45, 7) is 5.05. The number of hydrogen-bond donors (Lipinski definition) is 2. The first kappa shape index (κ1) is 17.4. The number of pyridine rings is 1. The van der Waals surface area contributed by atoms with Crippen LogP contribution in [-0.2, 0) is 0 Å². The molecule has 1 aliphatic rings. The largest absolute Gasteiger partial charge is 0.383 e. The molecule has 0 saturated carbocycles. The summed E-state index contributed by atoms with van der Waals surface area (Å²) >= 11 is 6.25. The zero-order valence-corrected chi connectivity index (χ0v) is 15.9. The van der Waals surface area contributed by atoms with E-state index in [2.05, 4.69) is 41.0 Å². The van der Waals surface area contributed by atoms with Crippen LogP contribution >= 0.6 is 11.6 Å². The van der Waals surface area contributed by atoms with Crippen molar-refractivity contribution in [2.24, 2.45) is 4.99 Å². The molecule has 2 heterocycles. The van der Waals surface area contributed by atoms with Gasteiger partial charge in [-0.15, -0.1) is 0 Å². The van der Waals surface area contributed by atoms with E-state index in [1.54, 1.807) is 6.20 Å². The highest BCUT2D eigenvalue weighted by Gasteiger charge is 2.25. The summed E-state index contributed by atoms with van der Waals surface area (Å²) in [6.07, 6.45) is 1.68. The predicted molar refractivity (Wildman–Crippen MR) is 112 cm³/mol. The quantitative estimate of drug-likeness (QED) is 0.633. The molecule has 0 saturated heterocycles. The van der Waals surface area contributed by atoms with E-state index in [1.807, 2.05) is 42.5 Å². The molecule has 4 rings (SSSR count). The number of halogens is 1. The van der Waals surface area contributed by atoms with Crippen molar-refractivity contribution in [2.75, 3.05) is 12.3 Å². The maximum atomic E-state index is 6.25. The molecule has 3 N–H and O–H groups in total. The summed E-state index contributed by atoms with van der Waals surface area (Å²) in [6, 6.07) is 13.7. The molecule has 0 amide bonds. The Hall–Kier alpha value is -3.03. The maximum absolute atomic E-state index is 6.25. The number of rotatable bonds is 1. The molecule has 1 aromatic heterocycles. The van der Waals surface area contributed by atoms with Crippen LogP contribution in [0.4, 0.5) is 5.82 Å². The Balaban J connectivity index is 1.65. The first-order valence-corrected chi connectivity index (χ1v) is 9.08. The normalized spacial score (nSPS) is 15.0. The molecule has 5 heteroatoms. The number of hydrogen-bond acceptors (Lipinski definition) is 4. The van der Waals surface area contributed by atoms with E-state index >= 15 is 0 Å². The molecule has 0 unspecified atom stereocenters. The Labute approximate surface area is 163 Å². The van der Waals surface area contributed by atoms with Crippen LogP contribution in [0.25, 0.3) is 10.8 Å². The Kier molecular flexibility index (Phi) is 4.25. The Bertz CT molecular complexity index is 1120. The van der Waals surface area contributed by atoms with E-state index in [0.717, 1.165) is 34.3 Å². The number of fused-ring (bicyclic) bond motifs is 1. The van der Waals surface area contributed by atoms with Crippen LogP contribution in [0.15, 0.2) is 53.7 Å². The van der Waals surface area contributed by atoms with E-state index in [-0.39, 0.29) is 5.54 Å². The van der Waals surface area contributed by atoms with Gasteiger partial charge in [-0.25, -0.2) is 4.98 Å². The number of nitrogen functional groups attached to an aromatic ring is 1. The minimum absolute atomic E-state index is 0.00791. The monoisotopic (exact) mass is 374 g/mol. The number of nitrogens with zero attached hydrogens (tertiary/aromatic N) is 2. The molecule has 0 fully saturated rings. The van der Waals surface area contributed by atoms with Crippen LogP contribution in [0, 0.1) is 11.8 Å². The second-order valence-electron chi connectivity index (χ2n) is 7.22. The average Bonchev–Trinajstić information content (AvgIpc) is 3.01. The summed E-state index contributed by atoms with van der Waals surface area (Å²) in [5.41, 5.74) is 8.71. The van der Waals surface area contributed by atoms with E-state index in [1.165, 1.54) is 0 Å². The van der Waals surface area contributed by atoms with Crippen molar-refractivity contribution in [3.8, 4) is 11.8 Å². The minimum Gasteiger partial charge on any atom is -0.383 e. The predicted octanol–water partition coefficient (Wildman–Crippen LogP) is 4.00. The van der Waals surface area contributed by atoms with Gasteiger partial charge in [0.15, 0.2) is 0 Å². The van der Waals surface area contributed by atoms with Crippen molar-refractivity contribution in [3.63, 3.8) is 0 Å². The topological polar surface area (TPSA) is 63.3 Å². The molecule has 0 bridgehead atoms. The zero-order chi connectivity index (χ0) is 19.0. The first-order chi connectivity index (χ1) is 12.9. The molecule has 4 nitrogen and oxygen atoms in total. The van der Waals surface area contributed by atoms with Crippen molar-refractivity contribution in [3.05, 3.63) is 70.4 Å². The lowest BCUT2D eigenvalue weighted by molar-refractivity contribution is 0.506. The molecular formula is C22H19ClN4. The van der Waals surface area contributed by atoms with Crippen LogP contribution in [0.2, 0.25) is 5.02 Å². The molecule has 0 radical (unpaired) electrons. The molecule has 3 aromatic rings. The van der Waals surface area contributed by atoms with Gasteiger partial charge in [0.1, 0.15) is 11.7 Å². The van der Waals surface area contributed by atoms with Gasteiger partial charge in [-0.3, -0.25) is 4.99 Å². The van der Waals surface area contributed by atoms with Crippen molar-refractivity contribution < 1.29 is 0 Å². The van der Waals surface area contributed by atoms with Gasteiger partial charge < -0.3 is 11.1 Å². The second-order valence-corrected chi connectivity index (χ2v) is 7.63. The number of anilines is 1. The van der Waals surface area contributed by atoms with E-state index < -0.39 is 0 Å². The molecule has 1 aliphatic heterocycles. The zero-order valence-electron chi connectivity index (χ0n) is 15.2. The third kappa shape index (κ3) is 3.47. The highest BCUT2D eigenvalue weighted by atomic mass is 35.5. The molecule has 2 aromatic carbocycles. The smallest absolute Gasteiger partial charge is 0.139 e. The van der Waals surface area contributed by atoms with Crippen LogP contribution in [0.5, 0.6) is 0 Å². The fraction of sp³-hybridized carbons (Fsp3) is 0.182. The molecular weight excluding hydrogens is 356 g/mol. The number of nitrogens with two attached hydrogens (primary N) is 1. The number of nitrogens with one attached hydrogen (secondary N) is 1. The van der Waals surface area contributed by atoms with Crippen molar-refractivity contribution in [2.45, 2.75) is 19.4 Å². The second kappa shape index (κ2) is 6.61. The summed E-state index contributed by atoms with van der Waals surface area (Å²) in [5.74, 6) is 7.66. The summed E-state index contributed by atoms with van der Waals surface area (Å²) < 4.78 is 0. The van der Waals surface area contributed by atoms with Gasteiger partial charge in [-0.1, -0.05) is 47.7 Å². The van der Waals surface area contributed by atoms with Crippen LogP contribution in [0.3, 0.4) is 0 Å². The van der Waals surface area contributed by atoms with Gasteiger partial charge in [0.05, 0.1) is 17.6 Å². The van der Waals surface area contributed by atoms with E-state index in [0.29, 0.717) is 16.4 Å². The van der Waals surface area contributed by atoms with Gasteiger partial charge in [-0.05, 0) is 32.0 Å². The third-order valence-electron chi connectivity index (χ3n) is 4.49. The highest BCUT2D eigenvalue weighted by Crippen LogP contribution is 2.27. The molecule has 0 atom stereocenters. The van der Waals surface area contributed by atoms with Gasteiger partial charge in [0, 0.05) is 33.1 Å². The summed E-state index contributed by atoms with van der Waals surface area (Å²) in [5, 5.41) is 5.83. The average molecular weight is 375 g/mol. The van der Waals surface area contributed by atoms with Crippen molar-refractivity contribution in [1.82, 2.24) is 10.3 Å². The lowest BCUT2D eigenvalue weighted by Crippen LogP contribution is -2.39. The number of aliphatic imine (C=N–C) groups is 1. The molecule has 0 aliphatic carbocycles. The maximum Gasteiger partial charge on any atom is 0.139 e. The Morgan fingerprint density at radius 2 is 1.85 bits per heavy atom. The SMILES string of the molecule is CC1(C)CN=C(c2ccc(C#Cc3c(N)ncc4c(Cl)cccc34)cc2)N1. The minimum atomic E-state index is 0.00791. The van der Waals surface area contributed by atoms with E-state index in [9.17, 15) is 0 Å². The summed E-state index contributed by atoms with van der Waals surface area (Å²) in [7, 11) is 0. The third-order valence-corrected chi connectivity index (χ3v) is 4.82. The Morgan fingerprint density at radius 1 is 1.07 bits per heavy atom. The number of aromatic nitrogens is 1. The standard InChI is InChI=1S/C22H19ClN4/c1-22(2)13-26-21(27-22)15-9-6-14(7-10-15)8-11-17-16-4-3-5-19(23)18(16)12-25-20(17)24/h3-7,9-10,12H,13H2,1-2H3,(H2,24,25)(H,26,27). The summed E-state index contributed by atoms with van der Waals surface area (Å²) in [4.78, 5) is 8.80. The highest BCUT2D eigenvalue weighted by molar-refractivity contribution is 6.35. The first-order valence-electron chi connectivity index (χ1n) is 8.71. The van der Waals surface area contributed by atoms with Crippen LogP contribution in [0.1, 0.15) is 30.5 Å². The molecule has 134 valence electrons. The van der Waals surface area contributed by atoms with Gasteiger partial charge in [0.25, 0.3) is 0 Å². The number of amidine groups is 1. The lowest BCUT2D eigenvalue weighted by Gasteiger charge is -2.18. The fourth-order valence-corrected chi connectivity index (χ4v) is 3.26. The van der Waals surface area contributed by atoms with E-state index in [4.69, 9.17) is 17.3 Å². The Morgan fingerprint density at radius 3 is 2.56 bits per heavy atom.